The monoisotopic (exact) mass is 321 g/mol. The summed E-state index contributed by atoms with van der Waals surface area (Å²) in [6, 6.07) is 1.40. The summed E-state index contributed by atoms with van der Waals surface area (Å²) >= 11 is 6.06. The number of ketones is 1. The summed E-state index contributed by atoms with van der Waals surface area (Å²) in [5.74, 6) is -2.17. The normalized spacial score (nSPS) is 14.2. The summed E-state index contributed by atoms with van der Waals surface area (Å²) in [5, 5.41) is 2.17. The highest BCUT2D eigenvalue weighted by Crippen LogP contribution is 2.36. The van der Waals surface area contributed by atoms with Gasteiger partial charge in [0.2, 0.25) is 0 Å². The number of carbonyl (C=O) groups is 2. The van der Waals surface area contributed by atoms with E-state index in [9.17, 15) is 14.0 Å². The number of amides is 1. The van der Waals surface area contributed by atoms with E-state index in [2.05, 4.69) is 37.2 Å². The van der Waals surface area contributed by atoms with Gasteiger partial charge in [-0.15, -0.1) is 0 Å². The molecule has 72 valence electrons. The molecule has 14 heavy (non-hydrogen) atoms. The van der Waals surface area contributed by atoms with Crippen molar-refractivity contribution in [3.63, 3.8) is 0 Å². The van der Waals surface area contributed by atoms with Crippen LogP contribution in [0, 0.1) is 5.82 Å². The fourth-order valence-corrected chi connectivity index (χ4v) is 2.56. The number of nitrogens with one attached hydrogen (secondary N) is 1. The van der Waals surface area contributed by atoms with Gasteiger partial charge in [0.25, 0.3) is 11.7 Å². The first-order chi connectivity index (χ1) is 6.52. The van der Waals surface area contributed by atoms with Crippen molar-refractivity contribution in [3.8, 4) is 0 Å². The lowest BCUT2D eigenvalue weighted by atomic mass is 10.1. The van der Waals surface area contributed by atoms with Gasteiger partial charge in [-0.25, -0.2) is 4.39 Å². The van der Waals surface area contributed by atoms with E-state index < -0.39 is 17.5 Å². The molecule has 2 rings (SSSR count). The number of Topliss-reactive ketones (excluding diaryl/α,β-unsaturated/α-hetero) is 1. The van der Waals surface area contributed by atoms with E-state index in [1.54, 1.807) is 0 Å². The van der Waals surface area contributed by atoms with Crippen LogP contribution in [0.5, 0.6) is 0 Å². The van der Waals surface area contributed by atoms with Crippen LogP contribution in [0.3, 0.4) is 0 Å². The summed E-state index contributed by atoms with van der Waals surface area (Å²) in [7, 11) is 0. The molecule has 0 atom stereocenters. The molecule has 1 aliphatic heterocycles. The second-order valence-electron chi connectivity index (χ2n) is 2.69. The molecule has 1 N–H and O–H groups in total. The third-order valence-electron chi connectivity index (χ3n) is 1.84. The largest absolute Gasteiger partial charge is 0.316 e. The molecule has 1 heterocycles. The van der Waals surface area contributed by atoms with E-state index >= 15 is 0 Å². The van der Waals surface area contributed by atoms with Crippen LogP contribution in [0.25, 0.3) is 0 Å². The highest BCUT2D eigenvalue weighted by atomic mass is 79.9. The van der Waals surface area contributed by atoms with Crippen LogP contribution in [0.15, 0.2) is 15.0 Å². The van der Waals surface area contributed by atoms with Crippen molar-refractivity contribution in [3.05, 3.63) is 26.4 Å². The maximum atomic E-state index is 13.4. The van der Waals surface area contributed by atoms with Crippen LogP contribution in [0.2, 0.25) is 0 Å². The van der Waals surface area contributed by atoms with Gasteiger partial charge in [-0.1, -0.05) is 0 Å². The molecule has 3 nitrogen and oxygen atoms in total. The summed E-state index contributed by atoms with van der Waals surface area (Å²) in [5.41, 5.74) is -0.0167. The third-order valence-corrected chi connectivity index (χ3v) is 3.05. The lowest BCUT2D eigenvalue weighted by Crippen LogP contribution is -2.12. The van der Waals surface area contributed by atoms with Gasteiger partial charge in [0, 0.05) is 4.47 Å². The number of fused-ring (bicyclic) bond motifs is 1. The molecule has 1 aromatic carbocycles. The van der Waals surface area contributed by atoms with Crippen molar-refractivity contribution in [1.82, 2.24) is 0 Å². The molecule has 0 bridgehead atoms. The standard InChI is InChI=1S/C8H2Br2FNO2/c9-2-1-3(10)5(11)6-4(2)7(13)8(14)12-6/h1H,(H,12,13,14). The third kappa shape index (κ3) is 1.21. The number of hydrogen-bond acceptors (Lipinski definition) is 2. The molecule has 0 saturated heterocycles. The van der Waals surface area contributed by atoms with Gasteiger partial charge in [-0.05, 0) is 37.9 Å². The minimum atomic E-state index is -0.808. The van der Waals surface area contributed by atoms with Gasteiger partial charge in [-0.3, -0.25) is 9.59 Å². The molecule has 0 aliphatic carbocycles. The van der Waals surface area contributed by atoms with Gasteiger partial charge in [0.15, 0.2) is 5.82 Å². The van der Waals surface area contributed by atoms with E-state index in [4.69, 9.17) is 0 Å². The van der Waals surface area contributed by atoms with Gasteiger partial charge in [-0.2, -0.15) is 0 Å². The molecule has 0 saturated carbocycles. The maximum absolute atomic E-state index is 13.4. The van der Waals surface area contributed by atoms with Crippen LogP contribution < -0.4 is 5.32 Å². The molecule has 6 heteroatoms. The first-order valence-corrected chi connectivity index (χ1v) is 5.14. The average molecular weight is 323 g/mol. The Morgan fingerprint density at radius 3 is 2.50 bits per heavy atom. The van der Waals surface area contributed by atoms with E-state index in [0.29, 0.717) is 4.47 Å². The number of anilines is 1. The Balaban J connectivity index is 2.79. The van der Waals surface area contributed by atoms with Crippen molar-refractivity contribution in [1.29, 1.82) is 0 Å². The Hall–Kier alpha value is -0.750. The highest BCUT2D eigenvalue weighted by molar-refractivity contribution is 9.11. The zero-order valence-electron chi connectivity index (χ0n) is 6.53. The molecule has 1 amide bonds. The van der Waals surface area contributed by atoms with E-state index in [-0.39, 0.29) is 15.7 Å². The Kier molecular flexibility index (Phi) is 2.19. The number of carbonyl (C=O) groups excluding carboxylic acids is 2. The molecule has 1 aliphatic rings. The zero-order valence-corrected chi connectivity index (χ0v) is 9.70. The van der Waals surface area contributed by atoms with Gasteiger partial charge >= 0.3 is 0 Å². The SMILES string of the molecule is O=C1Nc2c(F)c(Br)cc(Br)c2C1=O. The van der Waals surface area contributed by atoms with Crippen molar-refractivity contribution in [2.75, 3.05) is 5.32 Å². The second kappa shape index (κ2) is 3.13. The molecule has 0 spiro atoms. The van der Waals surface area contributed by atoms with Crippen molar-refractivity contribution >= 4 is 49.2 Å². The number of hydrogen-bond donors (Lipinski definition) is 1. The molecule has 0 radical (unpaired) electrons. The molecular weight excluding hydrogens is 321 g/mol. The minimum absolute atomic E-state index is 0.0516. The van der Waals surface area contributed by atoms with Crippen molar-refractivity contribution in [2.24, 2.45) is 0 Å². The fourth-order valence-electron chi connectivity index (χ4n) is 1.22. The smallest absolute Gasteiger partial charge is 0.296 e. The quantitative estimate of drug-likeness (QED) is 0.589. The van der Waals surface area contributed by atoms with E-state index in [0.717, 1.165) is 0 Å². The Bertz CT molecular complexity index is 473. The Labute approximate surface area is 94.9 Å². The van der Waals surface area contributed by atoms with Gasteiger partial charge < -0.3 is 5.32 Å². The fraction of sp³-hybridized carbons (Fsp3) is 0. The molecule has 0 unspecified atom stereocenters. The molecular formula is C8H2Br2FNO2. The van der Waals surface area contributed by atoms with Crippen molar-refractivity contribution in [2.45, 2.75) is 0 Å². The summed E-state index contributed by atoms with van der Waals surface area (Å²) < 4.78 is 14.0. The summed E-state index contributed by atoms with van der Waals surface area (Å²) in [6.45, 7) is 0. The Morgan fingerprint density at radius 1 is 1.21 bits per heavy atom. The molecule has 0 aromatic heterocycles. The minimum Gasteiger partial charge on any atom is -0.316 e. The van der Waals surface area contributed by atoms with Gasteiger partial charge in [0.05, 0.1) is 15.7 Å². The topological polar surface area (TPSA) is 46.2 Å². The van der Waals surface area contributed by atoms with Crippen LogP contribution in [-0.2, 0) is 4.79 Å². The Morgan fingerprint density at radius 2 is 1.86 bits per heavy atom. The van der Waals surface area contributed by atoms with Crippen molar-refractivity contribution < 1.29 is 14.0 Å². The number of benzene rings is 1. The van der Waals surface area contributed by atoms with Crippen LogP contribution in [-0.4, -0.2) is 11.7 Å². The predicted octanol–water partition coefficient (Wildman–Crippen LogP) is 2.49. The first-order valence-electron chi connectivity index (χ1n) is 3.55. The average Bonchev–Trinajstić information content (AvgIpc) is 2.40. The first kappa shape index (κ1) is 9.79. The molecule has 1 aromatic rings. The maximum Gasteiger partial charge on any atom is 0.296 e. The zero-order chi connectivity index (χ0) is 10.5. The lowest BCUT2D eigenvalue weighted by molar-refractivity contribution is -0.112. The number of rotatable bonds is 0. The highest BCUT2D eigenvalue weighted by Gasteiger charge is 2.33. The van der Waals surface area contributed by atoms with Crippen LogP contribution in [0.4, 0.5) is 10.1 Å². The van der Waals surface area contributed by atoms with Crippen LogP contribution in [0.1, 0.15) is 10.4 Å². The molecule has 0 fully saturated rings. The van der Waals surface area contributed by atoms with Crippen LogP contribution >= 0.6 is 31.9 Å². The lowest BCUT2D eigenvalue weighted by Gasteiger charge is -2.03. The predicted molar refractivity (Wildman–Crippen MR) is 54.8 cm³/mol. The summed E-state index contributed by atoms with van der Waals surface area (Å²) in [6.07, 6.45) is 0. The number of halogens is 3. The van der Waals surface area contributed by atoms with E-state index in [1.807, 2.05) is 0 Å². The van der Waals surface area contributed by atoms with E-state index in [1.165, 1.54) is 6.07 Å². The second-order valence-corrected chi connectivity index (χ2v) is 4.40. The summed E-state index contributed by atoms with van der Waals surface area (Å²) in [4.78, 5) is 22.2. The van der Waals surface area contributed by atoms with Gasteiger partial charge in [0.1, 0.15) is 0 Å².